The van der Waals surface area contributed by atoms with Crippen LogP contribution in [0, 0.1) is 11.3 Å². The molecule has 1 saturated carbocycles. The zero-order chi connectivity index (χ0) is 8.60. The number of aliphatic carboxylic acids is 1. The lowest BCUT2D eigenvalue weighted by Gasteiger charge is -2.21. The number of hydrogen-bond acceptors (Lipinski definition) is 2. The van der Waals surface area contributed by atoms with Crippen LogP contribution in [0.25, 0.3) is 0 Å². The SMILES string of the molecule is O=C(O)CC1CC12CCSCC2. The van der Waals surface area contributed by atoms with Gasteiger partial charge in [0.25, 0.3) is 0 Å². The normalized spacial score (nSPS) is 31.8. The van der Waals surface area contributed by atoms with Gasteiger partial charge in [-0.25, -0.2) is 0 Å². The average molecular weight is 186 g/mol. The molecular formula is C9H14O2S. The highest BCUT2D eigenvalue weighted by Gasteiger charge is 2.54. The van der Waals surface area contributed by atoms with E-state index in [4.69, 9.17) is 5.11 Å². The predicted octanol–water partition coefficient (Wildman–Crippen LogP) is 1.99. The van der Waals surface area contributed by atoms with Gasteiger partial charge in [0.1, 0.15) is 0 Å². The maximum Gasteiger partial charge on any atom is 0.303 e. The summed E-state index contributed by atoms with van der Waals surface area (Å²) < 4.78 is 0. The average Bonchev–Trinajstić information content (AvgIpc) is 2.63. The fourth-order valence-electron chi connectivity index (χ4n) is 2.32. The Hall–Kier alpha value is -0.180. The van der Waals surface area contributed by atoms with Crippen molar-refractivity contribution in [3.05, 3.63) is 0 Å². The van der Waals surface area contributed by atoms with Crippen LogP contribution < -0.4 is 0 Å². The van der Waals surface area contributed by atoms with Gasteiger partial charge in [-0.15, -0.1) is 0 Å². The zero-order valence-corrected chi connectivity index (χ0v) is 7.90. The van der Waals surface area contributed by atoms with E-state index in [1.165, 1.54) is 30.8 Å². The summed E-state index contributed by atoms with van der Waals surface area (Å²) in [7, 11) is 0. The fourth-order valence-corrected chi connectivity index (χ4v) is 3.63. The lowest BCUT2D eigenvalue weighted by molar-refractivity contribution is -0.137. The molecule has 0 radical (unpaired) electrons. The van der Waals surface area contributed by atoms with E-state index in [1.54, 1.807) is 0 Å². The lowest BCUT2D eigenvalue weighted by Crippen LogP contribution is -2.14. The molecule has 2 rings (SSSR count). The first-order chi connectivity index (χ1) is 5.73. The lowest BCUT2D eigenvalue weighted by atomic mass is 9.95. The van der Waals surface area contributed by atoms with Crippen LogP contribution in [0.1, 0.15) is 25.7 Å². The van der Waals surface area contributed by atoms with Crippen LogP contribution in [0.3, 0.4) is 0 Å². The molecule has 0 aromatic heterocycles. The summed E-state index contributed by atoms with van der Waals surface area (Å²) in [5.41, 5.74) is 0.476. The van der Waals surface area contributed by atoms with Crippen LogP contribution in [0.5, 0.6) is 0 Å². The molecule has 2 fully saturated rings. The van der Waals surface area contributed by atoms with Crippen molar-refractivity contribution in [2.45, 2.75) is 25.7 Å². The van der Waals surface area contributed by atoms with Crippen molar-refractivity contribution < 1.29 is 9.90 Å². The molecule has 1 spiro atoms. The first-order valence-electron chi connectivity index (χ1n) is 4.52. The first-order valence-corrected chi connectivity index (χ1v) is 5.68. The quantitative estimate of drug-likeness (QED) is 0.716. The number of carbonyl (C=O) groups is 1. The Balaban J connectivity index is 1.86. The second-order valence-electron chi connectivity index (χ2n) is 3.97. The molecule has 1 heterocycles. The Morgan fingerprint density at radius 3 is 2.75 bits per heavy atom. The summed E-state index contributed by atoms with van der Waals surface area (Å²) in [6.07, 6.45) is 4.11. The van der Waals surface area contributed by atoms with Gasteiger partial charge >= 0.3 is 5.97 Å². The van der Waals surface area contributed by atoms with Crippen molar-refractivity contribution in [2.75, 3.05) is 11.5 Å². The Morgan fingerprint density at radius 2 is 2.17 bits per heavy atom. The van der Waals surface area contributed by atoms with Gasteiger partial charge < -0.3 is 5.11 Å². The third-order valence-electron chi connectivity index (χ3n) is 3.27. The molecule has 0 aromatic rings. The topological polar surface area (TPSA) is 37.3 Å². The van der Waals surface area contributed by atoms with Crippen molar-refractivity contribution in [1.29, 1.82) is 0 Å². The van der Waals surface area contributed by atoms with E-state index in [0.717, 1.165) is 0 Å². The highest BCUT2D eigenvalue weighted by Crippen LogP contribution is 2.61. The van der Waals surface area contributed by atoms with Crippen LogP contribution in [0.15, 0.2) is 0 Å². The van der Waals surface area contributed by atoms with E-state index >= 15 is 0 Å². The molecule has 1 saturated heterocycles. The van der Waals surface area contributed by atoms with Crippen LogP contribution >= 0.6 is 11.8 Å². The van der Waals surface area contributed by atoms with Crippen molar-refractivity contribution in [1.82, 2.24) is 0 Å². The largest absolute Gasteiger partial charge is 0.481 e. The van der Waals surface area contributed by atoms with Gasteiger partial charge in [0, 0.05) is 6.42 Å². The molecule has 2 aliphatic rings. The van der Waals surface area contributed by atoms with Gasteiger partial charge in [0.05, 0.1) is 0 Å². The van der Waals surface area contributed by atoms with E-state index in [9.17, 15) is 4.79 Å². The highest BCUT2D eigenvalue weighted by molar-refractivity contribution is 7.99. The van der Waals surface area contributed by atoms with Crippen LogP contribution in [0.2, 0.25) is 0 Å². The van der Waals surface area contributed by atoms with Crippen LogP contribution in [-0.2, 0) is 4.79 Å². The minimum absolute atomic E-state index is 0.407. The third-order valence-corrected chi connectivity index (χ3v) is 4.25. The minimum Gasteiger partial charge on any atom is -0.481 e. The minimum atomic E-state index is -0.616. The number of carboxylic acids is 1. The maximum absolute atomic E-state index is 10.5. The molecule has 0 bridgehead atoms. The van der Waals surface area contributed by atoms with Crippen LogP contribution in [-0.4, -0.2) is 22.6 Å². The molecule has 0 aromatic carbocycles. The van der Waals surface area contributed by atoms with E-state index in [-0.39, 0.29) is 0 Å². The number of hydrogen-bond donors (Lipinski definition) is 1. The smallest absolute Gasteiger partial charge is 0.303 e. The van der Waals surface area contributed by atoms with Gasteiger partial charge in [-0.2, -0.15) is 11.8 Å². The molecule has 68 valence electrons. The standard InChI is InChI=1S/C9H14O2S/c10-8(11)5-7-6-9(7)1-3-12-4-2-9/h7H,1-6H2,(H,10,11). The van der Waals surface area contributed by atoms with Crippen molar-refractivity contribution in [3.8, 4) is 0 Å². The van der Waals surface area contributed by atoms with Crippen molar-refractivity contribution >= 4 is 17.7 Å². The van der Waals surface area contributed by atoms with Gasteiger partial charge in [0.2, 0.25) is 0 Å². The zero-order valence-electron chi connectivity index (χ0n) is 7.08. The summed E-state index contributed by atoms with van der Waals surface area (Å²) >= 11 is 2.01. The summed E-state index contributed by atoms with van der Waals surface area (Å²) in [5, 5.41) is 8.63. The molecule has 1 unspecified atom stereocenters. The Labute approximate surface area is 76.7 Å². The van der Waals surface area contributed by atoms with E-state index < -0.39 is 5.97 Å². The van der Waals surface area contributed by atoms with E-state index in [1.807, 2.05) is 11.8 Å². The molecule has 1 aliphatic heterocycles. The second-order valence-corrected chi connectivity index (χ2v) is 5.20. The number of carboxylic acid groups (broad SMARTS) is 1. The van der Waals surface area contributed by atoms with Gasteiger partial charge in [0.15, 0.2) is 0 Å². The van der Waals surface area contributed by atoms with Crippen molar-refractivity contribution in [2.24, 2.45) is 11.3 Å². The molecule has 0 amide bonds. The fraction of sp³-hybridized carbons (Fsp3) is 0.889. The van der Waals surface area contributed by atoms with Gasteiger partial charge in [-0.3, -0.25) is 4.79 Å². The molecule has 1 N–H and O–H groups in total. The monoisotopic (exact) mass is 186 g/mol. The Kier molecular flexibility index (Phi) is 2.07. The molecule has 12 heavy (non-hydrogen) atoms. The van der Waals surface area contributed by atoms with E-state index in [0.29, 0.717) is 17.8 Å². The predicted molar refractivity (Wildman–Crippen MR) is 49.4 cm³/mol. The van der Waals surface area contributed by atoms with E-state index in [2.05, 4.69) is 0 Å². The molecule has 2 nitrogen and oxygen atoms in total. The third kappa shape index (κ3) is 1.47. The molecule has 1 aliphatic carbocycles. The number of thioether (sulfide) groups is 1. The maximum atomic E-state index is 10.5. The molecule has 1 atom stereocenters. The number of rotatable bonds is 2. The highest BCUT2D eigenvalue weighted by atomic mass is 32.2. The summed E-state index contributed by atoms with van der Waals surface area (Å²) in [6.45, 7) is 0. The van der Waals surface area contributed by atoms with Gasteiger partial charge in [-0.05, 0) is 42.1 Å². The Morgan fingerprint density at radius 1 is 1.50 bits per heavy atom. The van der Waals surface area contributed by atoms with Gasteiger partial charge in [-0.1, -0.05) is 0 Å². The van der Waals surface area contributed by atoms with Crippen LogP contribution in [0.4, 0.5) is 0 Å². The molecule has 3 heteroatoms. The molecular weight excluding hydrogens is 172 g/mol. The summed E-state index contributed by atoms with van der Waals surface area (Å²) in [5.74, 6) is 2.39. The Bertz CT molecular complexity index is 197. The first kappa shape index (κ1) is 8.42. The van der Waals surface area contributed by atoms with Crippen molar-refractivity contribution in [3.63, 3.8) is 0 Å². The second kappa shape index (κ2) is 2.95. The summed E-state index contributed by atoms with van der Waals surface area (Å²) in [4.78, 5) is 10.5. The summed E-state index contributed by atoms with van der Waals surface area (Å²) in [6, 6.07) is 0.